The molecule has 262 valence electrons. The lowest BCUT2D eigenvalue weighted by Gasteiger charge is -2.37. The van der Waals surface area contributed by atoms with Gasteiger partial charge >= 0.3 is 0 Å². The maximum atomic E-state index is 13.4. The van der Waals surface area contributed by atoms with Gasteiger partial charge in [-0.2, -0.15) is 0 Å². The molecule has 3 aromatic carbocycles. The van der Waals surface area contributed by atoms with Gasteiger partial charge in [-0.25, -0.2) is 0 Å². The number of hydrogen-bond donors (Lipinski definition) is 2. The van der Waals surface area contributed by atoms with Crippen LogP contribution in [0.25, 0.3) is 0 Å². The predicted molar refractivity (Wildman–Crippen MR) is 192 cm³/mol. The number of methoxy groups -OCH3 is 1. The topological polar surface area (TPSA) is 124 Å². The zero-order chi connectivity index (χ0) is 35.9. The number of aliphatic hydroxyl groups is 1. The molecule has 0 bridgehead atoms. The molecule has 48 heavy (non-hydrogen) atoms. The fourth-order valence-electron chi connectivity index (χ4n) is 5.36. The van der Waals surface area contributed by atoms with Gasteiger partial charge in [0.25, 0.3) is 5.69 Å². The van der Waals surface area contributed by atoms with E-state index in [-0.39, 0.29) is 33.6 Å². The average molecular weight is 663 g/mol. The van der Waals surface area contributed by atoms with Crippen molar-refractivity contribution in [3.63, 3.8) is 0 Å². The van der Waals surface area contributed by atoms with Crippen LogP contribution in [0.2, 0.25) is 0 Å². The molecule has 0 spiro atoms. The van der Waals surface area contributed by atoms with Crippen LogP contribution in [-0.4, -0.2) is 47.7 Å². The number of nitro benzene ring substituents is 1. The van der Waals surface area contributed by atoms with Gasteiger partial charge in [0, 0.05) is 29.0 Å². The number of ether oxygens (including phenoxy) is 3. The van der Waals surface area contributed by atoms with Crippen molar-refractivity contribution in [2.24, 2.45) is 4.99 Å². The number of unbranched alkanes of at least 4 members (excludes halogenated alkanes) is 2. The van der Waals surface area contributed by atoms with Crippen molar-refractivity contribution >= 4 is 11.9 Å². The SMILES string of the molecule is CCCCOc1ccc(C(C)(C)C)cc1C(O)(c1cc(C(C)(C)C)ccc1OCCCC)C(C)N=Cc1cc([N+](=O)[O-])cc(OC)c1O. The molecule has 0 aliphatic carbocycles. The van der Waals surface area contributed by atoms with Crippen molar-refractivity contribution in [1.29, 1.82) is 0 Å². The molecular weight excluding hydrogens is 608 g/mol. The molecule has 0 heterocycles. The molecule has 3 aromatic rings. The van der Waals surface area contributed by atoms with E-state index in [0.29, 0.717) is 35.8 Å². The number of rotatable bonds is 15. The summed E-state index contributed by atoms with van der Waals surface area (Å²) in [5.41, 5.74) is 0.581. The van der Waals surface area contributed by atoms with Gasteiger partial charge < -0.3 is 24.4 Å². The van der Waals surface area contributed by atoms with Gasteiger partial charge in [-0.05, 0) is 66.0 Å². The third-order valence-electron chi connectivity index (χ3n) is 8.59. The minimum atomic E-state index is -1.80. The van der Waals surface area contributed by atoms with Crippen LogP contribution in [0, 0.1) is 10.1 Å². The fraction of sp³-hybridized carbons (Fsp3) is 0.513. The van der Waals surface area contributed by atoms with E-state index in [1.807, 2.05) is 36.4 Å². The second-order valence-electron chi connectivity index (χ2n) is 14.4. The van der Waals surface area contributed by atoms with E-state index in [9.17, 15) is 20.3 Å². The Morgan fingerprint density at radius 3 is 1.71 bits per heavy atom. The van der Waals surface area contributed by atoms with E-state index < -0.39 is 16.6 Å². The molecule has 2 N–H and O–H groups in total. The van der Waals surface area contributed by atoms with E-state index in [1.54, 1.807) is 6.92 Å². The summed E-state index contributed by atoms with van der Waals surface area (Å²) in [6.45, 7) is 19.6. The molecule has 0 saturated heterocycles. The molecule has 0 aliphatic heterocycles. The Balaban J connectivity index is 2.42. The lowest BCUT2D eigenvalue weighted by Crippen LogP contribution is -2.39. The number of nitrogens with zero attached hydrogens (tertiary/aromatic N) is 2. The minimum Gasteiger partial charge on any atom is -0.504 e. The second-order valence-corrected chi connectivity index (χ2v) is 14.4. The smallest absolute Gasteiger partial charge is 0.274 e. The number of aliphatic imine (C=N–C) groups is 1. The fourth-order valence-corrected chi connectivity index (χ4v) is 5.36. The van der Waals surface area contributed by atoms with Crippen LogP contribution in [0.4, 0.5) is 5.69 Å². The number of nitro groups is 1. The van der Waals surface area contributed by atoms with E-state index >= 15 is 0 Å². The summed E-state index contributed by atoms with van der Waals surface area (Å²) in [6.07, 6.45) is 4.91. The molecule has 1 unspecified atom stereocenters. The maximum Gasteiger partial charge on any atom is 0.274 e. The number of phenols is 1. The molecule has 0 aliphatic rings. The molecule has 9 nitrogen and oxygen atoms in total. The van der Waals surface area contributed by atoms with Crippen LogP contribution >= 0.6 is 0 Å². The van der Waals surface area contributed by atoms with Gasteiger partial charge in [0.1, 0.15) is 17.1 Å². The van der Waals surface area contributed by atoms with Crippen molar-refractivity contribution in [3.05, 3.63) is 86.5 Å². The first kappa shape index (κ1) is 38.3. The third kappa shape index (κ3) is 8.86. The van der Waals surface area contributed by atoms with Gasteiger partial charge in [0.2, 0.25) is 0 Å². The van der Waals surface area contributed by atoms with E-state index in [1.165, 1.54) is 19.4 Å². The van der Waals surface area contributed by atoms with Crippen LogP contribution in [0.15, 0.2) is 53.5 Å². The lowest BCUT2D eigenvalue weighted by atomic mass is 9.75. The van der Waals surface area contributed by atoms with E-state index in [0.717, 1.165) is 42.9 Å². The Morgan fingerprint density at radius 2 is 1.31 bits per heavy atom. The van der Waals surface area contributed by atoms with E-state index in [4.69, 9.17) is 19.2 Å². The highest BCUT2D eigenvalue weighted by molar-refractivity contribution is 5.86. The molecule has 0 amide bonds. The molecule has 0 aromatic heterocycles. The minimum absolute atomic E-state index is 0.0532. The van der Waals surface area contributed by atoms with Gasteiger partial charge in [0.05, 0.1) is 37.4 Å². The Labute approximate surface area is 286 Å². The number of benzene rings is 3. The Bertz CT molecular complexity index is 1510. The zero-order valence-corrected chi connectivity index (χ0v) is 30.3. The van der Waals surface area contributed by atoms with E-state index in [2.05, 4.69) is 55.4 Å². The summed E-state index contributed by atoms with van der Waals surface area (Å²) in [5, 5.41) is 36.0. The van der Waals surface area contributed by atoms with Gasteiger partial charge in [-0.15, -0.1) is 0 Å². The zero-order valence-electron chi connectivity index (χ0n) is 30.3. The van der Waals surface area contributed by atoms with Gasteiger partial charge in [-0.3, -0.25) is 15.1 Å². The molecule has 0 fully saturated rings. The van der Waals surface area contributed by atoms with Crippen molar-refractivity contribution in [1.82, 2.24) is 0 Å². The van der Waals surface area contributed by atoms with Crippen LogP contribution in [0.1, 0.15) is 116 Å². The second kappa shape index (κ2) is 15.9. The summed E-state index contributed by atoms with van der Waals surface area (Å²) in [7, 11) is 1.33. The summed E-state index contributed by atoms with van der Waals surface area (Å²) in [5.74, 6) is 0.713. The van der Waals surface area contributed by atoms with Gasteiger partial charge in [0.15, 0.2) is 11.5 Å². The number of aromatic hydroxyl groups is 1. The van der Waals surface area contributed by atoms with Crippen molar-refractivity contribution < 1.29 is 29.3 Å². The normalized spacial score (nSPS) is 13.1. The first-order valence-electron chi connectivity index (χ1n) is 16.9. The quantitative estimate of drug-likeness (QED) is 0.0720. The Morgan fingerprint density at radius 1 is 0.833 bits per heavy atom. The maximum absolute atomic E-state index is 13.4. The molecule has 0 radical (unpaired) electrons. The largest absolute Gasteiger partial charge is 0.504 e. The highest BCUT2D eigenvalue weighted by Crippen LogP contribution is 2.46. The van der Waals surface area contributed by atoms with Crippen molar-refractivity contribution in [3.8, 4) is 23.0 Å². The highest BCUT2D eigenvalue weighted by atomic mass is 16.6. The summed E-state index contributed by atoms with van der Waals surface area (Å²) >= 11 is 0. The highest BCUT2D eigenvalue weighted by Gasteiger charge is 2.43. The predicted octanol–water partition coefficient (Wildman–Crippen LogP) is 9.01. The monoisotopic (exact) mass is 662 g/mol. The van der Waals surface area contributed by atoms with Crippen LogP contribution in [0.3, 0.4) is 0 Å². The van der Waals surface area contributed by atoms with Crippen molar-refractivity contribution in [2.45, 2.75) is 110 Å². The number of phenolic OH excluding ortho intramolecular Hbond substituents is 1. The molecule has 3 rings (SSSR count). The average Bonchev–Trinajstić information content (AvgIpc) is 3.03. The standard InChI is InChI=1S/C39H54N2O7/c1-11-13-19-47-33-17-15-28(37(4,5)6)22-31(33)39(43,32-23-29(38(7,8)9)16-18-34(32)48-20-14-12-2)26(3)40-25-27-21-30(41(44)45)24-35(46-10)36(27)42/h15-18,21-26,42-43H,11-14,19-20H2,1-10H3. The number of hydrogen-bond acceptors (Lipinski definition) is 8. The lowest BCUT2D eigenvalue weighted by molar-refractivity contribution is -0.385. The summed E-state index contributed by atoms with van der Waals surface area (Å²) in [6, 6.07) is 13.3. The Kier molecular flexibility index (Phi) is 12.7. The van der Waals surface area contributed by atoms with Crippen molar-refractivity contribution in [2.75, 3.05) is 20.3 Å². The number of non-ortho nitro benzene ring substituents is 1. The first-order valence-corrected chi connectivity index (χ1v) is 16.9. The summed E-state index contributed by atoms with van der Waals surface area (Å²) < 4.78 is 17.9. The molecule has 1 atom stereocenters. The third-order valence-corrected chi connectivity index (χ3v) is 8.59. The molecule has 9 heteroatoms. The Hall–Kier alpha value is -4.11. The van der Waals surface area contributed by atoms with Crippen LogP contribution in [-0.2, 0) is 16.4 Å². The first-order chi connectivity index (χ1) is 22.5. The summed E-state index contributed by atoms with van der Waals surface area (Å²) in [4.78, 5) is 15.9. The van der Waals surface area contributed by atoms with Crippen LogP contribution in [0.5, 0.6) is 23.0 Å². The molecular formula is C39H54N2O7. The molecule has 0 saturated carbocycles. The van der Waals surface area contributed by atoms with Crippen LogP contribution < -0.4 is 14.2 Å². The van der Waals surface area contributed by atoms with Gasteiger partial charge in [-0.1, -0.05) is 80.4 Å².